The average molecular weight is 310 g/mol. The van der Waals surface area contributed by atoms with Crippen LogP contribution in [0, 0.1) is 13.8 Å². The minimum absolute atomic E-state index is 0.00364. The van der Waals surface area contributed by atoms with Gasteiger partial charge in [0.15, 0.2) is 6.10 Å². The zero-order valence-corrected chi connectivity index (χ0v) is 13.8. The SMILES string of the molecule is CCN1C(=O)C(Cc2cc(C)cc(C)c2)Oc2cc(N)ccc21. The number of hydrogen-bond acceptors (Lipinski definition) is 3. The van der Waals surface area contributed by atoms with E-state index in [-0.39, 0.29) is 5.91 Å². The van der Waals surface area contributed by atoms with Crippen molar-refractivity contribution < 1.29 is 9.53 Å². The van der Waals surface area contributed by atoms with Crippen molar-refractivity contribution in [3.8, 4) is 5.75 Å². The Morgan fingerprint density at radius 1 is 1.13 bits per heavy atom. The van der Waals surface area contributed by atoms with Crippen LogP contribution in [0.25, 0.3) is 0 Å². The fourth-order valence-electron chi connectivity index (χ4n) is 3.20. The average Bonchev–Trinajstić information content (AvgIpc) is 2.47. The molecule has 23 heavy (non-hydrogen) atoms. The van der Waals surface area contributed by atoms with Crippen molar-refractivity contribution in [2.75, 3.05) is 17.2 Å². The van der Waals surface area contributed by atoms with Crippen molar-refractivity contribution in [1.82, 2.24) is 0 Å². The lowest BCUT2D eigenvalue weighted by Crippen LogP contribution is -2.46. The topological polar surface area (TPSA) is 55.6 Å². The molecule has 1 unspecified atom stereocenters. The van der Waals surface area contributed by atoms with Gasteiger partial charge in [0.2, 0.25) is 0 Å². The van der Waals surface area contributed by atoms with Crippen molar-refractivity contribution in [3.63, 3.8) is 0 Å². The molecule has 2 aromatic carbocycles. The van der Waals surface area contributed by atoms with Crippen LogP contribution in [-0.2, 0) is 11.2 Å². The van der Waals surface area contributed by atoms with Crippen LogP contribution in [0.4, 0.5) is 11.4 Å². The lowest BCUT2D eigenvalue weighted by Gasteiger charge is -2.34. The molecule has 2 aromatic rings. The summed E-state index contributed by atoms with van der Waals surface area (Å²) in [4.78, 5) is 14.5. The summed E-state index contributed by atoms with van der Waals surface area (Å²) < 4.78 is 5.97. The van der Waals surface area contributed by atoms with E-state index in [0.717, 1.165) is 11.3 Å². The molecule has 1 atom stereocenters. The maximum atomic E-state index is 12.7. The van der Waals surface area contributed by atoms with Crippen molar-refractivity contribution >= 4 is 17.3 Å². The molecule has 1 aliphatic heterocycles. The van der Waals surface area contributed by atoms with Gasteiger partial charge in [0, 0.05) is 24.7 Å². The second kappa shape index (κ2) is 5.95. The number of ether oxygens (including phenoxy) is 1. The largest absolute Gasteiger partial charge is 0.478 e. The minimum atomic E-state index is -0.509. The molecule has 120 valence electrons. The number of aryl methyl sites for hydroxylation is 2. The first-order valence-electron chi connectivity index (χ1n) is 7.92. The summed E-state index contributed by atoms with van der Waals surface area (Å²) in [6.45, 7) is 6.71. The molecule has 0 bridgehead atoms. The van der Waals surface area contributed by atoms with Gasteiger partial charge in [-0.15, -0.1) is 0 Å². The van der Waals surface area contributed by atoms with E-state index in [2.05, 4.69) is 32.0 Å². The molecular weight excluding hydrogens is 288 g/mol. The predicted molar refractivity (Wildman–Crippen MR) is 92.9 cm³/mol. The van der Waals surface area contributed by atoms with Gasteiger partial charge in [-0.25, -0.2) is 0 Å². The number of carbonyl (C=O) groups excluding carboxylic acids is 1. The van der Waals surface area contributed by atoms with Gasteiger partial charge in [-0.1, -0.05) is 29.3 Å². The van der Waals surface area contributed by atoms with E-state index in [4.69, 9.17) is 10.5 Å². The molecule has 2 N–H and O–H groups in total. The van der Waals surface area contributed by atoms with Crippen LogP contribution < -0.4 is 15.4 Å². The van der Waals surface area contributed by atoms with Crippen LogP contribution >= 0.6 is 0 Å². The second-order valence-electron chi connectivity index (χ2n) is 6.12. The molecule has 0 radical (unpaired) electrons. The maximum absolute atomic E-state index is 12.7. The smallest absolute Gasteiger partial charge is 0.268 e. The van der Waals surface area contributed by atoms with Crippen molar-refractivity contribution in [1.29, 1.82) is 0 Å². The quantitative estimate of drug-likeness (QED) is 0.885. The highest BCUT2D eigenvalue weighted by Gasteiger charge is 2.33. The van der Waals surface area contributed by atoms with Gasteiger partial charge in [0.25, 0.3) is 5.91 Å². The summed E-state index contributed by atoms with van der Waals surface area (Å²) in [5.74, 6) is 0.685. The van der Waals surface area contributed by atoms with Gasteiger partial charge in [-0.05, 0) is 38.5 Å². The van der Waals surface area contributed by atoms with Gasteiger partial charge in [-0.2, -0.15) is 0 Å². The number of carbonyl (C=O) groups is 1. The van der Waals surface area contributed by atoms with E-state index < -0.39 is 6.10 Å². The number of nitrogens with two attached hydrogens (primary N) is 1. The number of fused-ring (bicyclic) bond motifs is 1. The normalized spacial score (nSPS) is 16.9. The molecule has 3 rings (SSSR count). The Hall–Kier alpha value is -2.49. The Bertz CT molecular complexity index is 735. The molecule has 1 amide bonds. The number of benzene rings is 2. The summed E-state index contributed by atoms with van der Waals surface area (Å²) in [5.41, 5.74) is 10.8. The first-order valence-corrected chi connectivity index (χ1v) is 7.92. The van der Waals surface area contributed by atoms with Crippen molar-refractivity contribution in [2.24, 2.45) is 0 Å². The molecule has 0 saturated heterocycles. The van der Waals surface area contributed by atoms with E-state index in [9.17, 15) is 4.79 Å². The van der Waals surface area contributed by atoms with E-state index in [1.54, 1.807) is 17.0 Å². The van der Waals surface area contributed by atoms with Crippen LogP contribution in [-0.4, -0.2) is 18.6 Å². The first-order chi connectivity index (χ1) is 11.0. The molecule has 0 spiro atoms. The Kier molecular flexibility index (Phi) is 3.99. The van der Waals surface area contributed by atoms with Crippen LogP contribution in [0.15, 0.2) is 36.4 Å². The van der Waals surface area contributed by atoms with Gasteiger partial charge in [0.05, 0.1) is 5.69 Å². The van der Waals surface area contributed by atoms with E-state index in [0.29, 0.717) is 24.4 Å². The second-order valence-corrected chi connectivity index (χ2v) is 6.12. The number of nitrogens with zero attached hydrogens (tertiary/aromatic N) is 1. The number of amides is 1. The summed E-state index contributed by atoms with van der Waals surface area (Å²) >= 11 is 0. The van der Waals surface area contributed by atoms with Gasteiger partial charge < -0.3 is 15.4 Å². The van der Waals surface area contributed by atoms with Gasteiger partial charge in [0.1, 0.15) is 5.75 Å². The minimum Gasteiger partial charge on any atom is -0.478 e. The number of nitrogen functional groups attached to an aromatic ring is 1. The number of likely N-dealkylation sites (N-methyl/N-ethyl adjacent to an activating group) is 1. The van der Waals surface area contributed by atoms with E-state index in [1.165, 1.54) is 11.1 Å². The van der Waals surface area contributed by atoms with Crippen molar-refractivity contribution in [3.05, 3.63) is 53.1 Å². The predicted octanol–water partition coefficient (Wildman–Crippen LogP) is 3.24. The summed E-state index contributed by atoms with van der Waals surface area (Å²) in [5, 5.41) is 0. The summed E-state index contributed by atoms with van der Waals surface area (Å²) in [6.07, 6.45) is 0.0528. The fourth-order valence-corrected chi connectivity index (χ4v) is 3.20. The zero-order chi connectivity index (χ0) is 16.6. The van der Waals surface area contributed by atoms with Crippen LogP contribution in [0.1, 0.15) is 23.6 Å². The molecule has 4 heteroatoms. The summed E-state index contributed by atoms with van der Waals surface area (Å²) in [7, 11) is 0. The van der Waals surface area contributed by atoms with Crippen LogP contribution in [0.3, 0.4) is 0 Å². The molecule has 0 aromatic heterocycles. The van der Waals surface area contributed by atoms with Crippen LogP contribution in [0.5, 0.6) is 5.75 Å². The van der Waals surface area contributed by atoms with Crippen molar-refractivity contribution in [2.45, 2.75) is 33.3 Å². The van der Waals surface area contributed by atoms with E-state index >= 15 is 0 Å². The van der Waals surface area contributed by atoms with Crippen LogP contribution in [0.2, 0.25) is 0 Å². The standard InChI is InChI=1S/C19H22N2O2/c1-4-21-16-6-5-15(20)11-17(16)23-18(19(21)22)10-14-8-12(2)7-13(3)9-14/h5-9,11,18H,4,10,20H2,1-3H3. The van der Waals surface area contributed by atoms with Gasteiger partial charge in [-0.3, -0.25) is 4.79 Å². The highest BCUT2D eigenvalue weighted by atomic mass is 16.5. The Morgan fingerprint density at radius 2 is 1.83 bits per heavy atom. The molecular formula is C19H22N2O2. The highest BCUT2D eigenvalue weighted by Crippen LogP contribution is 2.36. The lowest BCUT2D eigenvalue weighted by atomic mass is 10.0. The molecule has 1 heterocycles. The molecule has 1 aliphatic rings. The Balaban J connectivity index is 1.93. The fraction of sp³-hybridized carbons (Fsp3) is 0.316. The summed E-state index contributed by atoms with van der Waals surface area (Å²) in [6, 6.07) is 11.8. The van der Waals surface area contributed by atoms with E-state index in [1.807, 2.05) is 13.0 Å². The third kappa shape index (κ3) is 3.02. The molecule has 4 nitrogen and oxygen atoms in total. The molecule has 0 saturated carbocycles. The number of hydrogen-bond donors (Lipinski definition) is 1. The highest BCUT2D eigenvalue weighted by molar-refractivity contribution is 6.00. The first kappa shape index (κ1) is 15.4. The van der Waals surface area contributed by atoms with Gasteiger partial charge >= 0.3 is 0 Å². The number of rotatable bonds is 3. The maximum Gasteiger partial charge on any atom is 0.268 e. The Morgan fingerprint density at radius 3 is 2.48 bits per heavy atom. The lowest BCUT2D eigenvalue weighted by molar-refractivity contribution is -0.126. The molecule has 0 fully saturated rings. The number of anilines is 2. The third-order valence-electron chi connectivity index (χ3n) is 4.10. The monoisotopic (exact) mass is 310 g/mol. The Labute approximate surface area is 136 Å². The third-order valence-corrected chi connectivity index (χ3v) is 4.10. The molecule has 0 aliphatic carbocycles. The zero-order valence-electron chi connectivity index (χ0n) is 13.8.